The summed E-state index contributed by atoms with van der Waals surface area (Å²) >= 11 is 0. The van der Waals surface area contributed by atoms with Crippen LogP contribution < -0.4 is 0 Å². The van der Waals surface area contributed by atoms with Gasteiger partial charge in [-0.2, -0.15) is 0 Å². The highest BCUT2D eigenvalue weighted by molar-refractivity contribution is 5.87. The Labute approximate surface area is 228 Å². The van der Waals surface area contributed by atoms with Gasteiger partial charge < -0.3 is 14.6 Å². The number of aliphatic hydroxyl groups is 1. The smallest absolute Gasteiger partial charge is 0.194 e. The van der Waals surface area contributed by atoms with Gasteiger partial charge in [0.1, 0.15) is 5.78 Å². The van der Waals surface area contributed by atoms with Crippen molar-refractivity contribution in [1.82, 2.24) is 0 Å². The number of fused-ring (bicyclic) bond motifs is 7. The van der Waals surface area contributed by atoms with Crippen molar-refractivity contribution in [3.63, 3.8) is 0 Å². The Morgan fingerprint density at radius 2 is 1.79 bits per heavy atom. The summed E-state index contributed by atoms with van der Waals surface area (Å²) in [6, 6.07) is 10.5. The number of hydrogen-bond acceptors (Lipinski definition) is 4. The van der Waals surface area contributed by atoms with Crippen LogP contribution in [0.4, 0.5) is 0 Å². The highest BCUT2D eigenvalue weighted by atomic mass is 16.7. The lowest BCUT2D eigenvalue weighted by atomic mass is 9.44. The lowest BCUT2D eigenvalue weighted by Crippen LogP contribution is -2.58. The Kier molecular flexibility index (Phi) is 5.87. The van der Waals surface area contributed by atoms with E-state index in [1.165, 1.54) is 24.0 Å². The Morgan fingerprint density at radius 3 is 2.58 bits per heavy atom. The van der Waals surface area contributed by atoms with Gasteiger partial charge in [-0.15, -0.1) is 0 Å². The summed E-state index contributed by atoms with van der Waals surface area (Å²) in [6.45, 7) is 10.0. The van der Waals surface area contributed by atoms with Crippen LogP contribution in [0.3, 0.4) is 0 Å². The fraction of sp³-hybridized carbons (Fsp3) is 0.735. The first-order chi connectivity index (χ1) is 18.2. The molecule has 2 saturated heterocycles. The zero-order chi connectivity index (χ0) is 26.4. The van der Waals surface area contributed by atoms with E-state index in [2.05, 4.69) is 64.1 Å². The van der Waals surface area contributed by atoms with Crippen molar-refractivity contribution in [3.8, 4) is 0 Å². The van der Waals surface area contributed by atoms with Gasteiger partial charge in [0.25, 0.3) is 0 Å². The third-order valence-corrected chi connectivity index (χ3v) is 12.8. The molecule has 2 heterocycles. The van der Waals surface area contributed by atoms with Crippen molar-refractivity contribution in [1.29, 1.82) is 0 Å². The standard InChI is InChI=1S/C34H46O4/c1-20-14-24(15-22-8-6-5-7-9-22)34(37-19-20)21(2)31-29(38-34)17-28-26-11-10-23-16-25(35)12-13-32(23,3)27(26)18-30(36)33(28,31)4/h5-9,15,20-21,23,25-29,31,35H,10-14,16-19H2,1-4H3/b24-15+/t20?,21-,23+,25-,26?,27?,28?,29-,31-,32-,33+,34-/m0/s1. The van der Waals surface area contributed by atoms with E-state index in [1.54, 1.807) is 0 Å². The van der Waals surface area contributed by atoms with E-state index in [0.29, 0.717) is 48.4 Å². The average molecular weight is 519 g/mol. The van der Waals surface area contributed by atoms with E-state index in [4.69, 9.17) is 9.47 Å². The monoisotopic (exact) mass is 518 g/mol. The van der Waals surface area contributed by atoms with Crippen LogP contribution in [0.2, 0.25) is 0 Å². The summed E-state index contributed by atoms with van der Waals surface area (Å²) in [6.07, 6.45) is 10.2. The number of rotatable bonds is 1. The highest BCUT2D eigenvalue weighted by Crippen LogP contribution is 2.70. The fourth-order valence-electron chi connectivity index (χ4n) is 10.9. The van der Waals surface area contributed by atoms with Crippen molar-refractivity contribution in [2.45, 2.75) is 97.1 Å². The van der Waals surface area contributed by atoms with E-state index >= 15 is 0 Å². The van der Waals surface area contributed by atoms with Crippen molar-refractivity contribution in [2.75, 3.05) is 6.61 Å². The van der Waals surface area contributed by atoms with Gasteiger partial charge in [0, 0.05) is 23.7 Å². The molecule has 4 aliphatic carbocycles. The molecule has 0 radical (unpaired) electrons. The third kappa shape index (κ3) is 3.42. The minimum atomic E-state index is -0.716. The summed E-state index contributed by atoms with van der Waals surface area (Å²) < 4.78 is 13.8. The van der Waals surface area contributed by atoms with Gasteiger partial charge in [-0.3, -0.25) is 4.79 Å². The molecule has 6 fully saturated rings. The van der Waals surface area contributed by atoms with Gasteiger partial charge in [-0.05, 0) is 91.1 Å². The van der Waals surface area contributed by atoms with E-state index < -0.39 is 5.79 Å². The van der Waals surface area contributed by atoms with Crippen LogP contribution in [-0.4, -0.2) is 35.5 Å². The molecule has 6 aliphatic rings. The second-order valence-corrected chi connectivity index (χ2v) is 14.6. The molecule has 0 aromatic heterocycles. The first-order valence-electron chi connectivity index (χ1n) is 15.5. The first-order valence-corrected chi connectivity index (χ1v) is 15.5. The van der Waals surface area contributed by atoms with Crippen LogP contribution in [0.5, 0.6) is 0 Å². The number of ether oxygens (including phenoxy) is 2. The van der Waals surface area contributed by atoms with Crippen LogP contribution in [-0.2, 0) is 14.3 Å². The molecule has 1 aromatic carbocycles. The molecule has 1 N–H and O–H groups in total. The Morgan fingerprint density at radius 1 is 1.00 bits per heavy atom. The molecular weight excluding hydrogens is 472 g/mol. The number of hydrogen-bond donors (Lipinski definition) is 1. The second kappa shape index (κ2) is 8.75. The van der Waals surface area contributed by atoms with Gasteiger partial charge in [-0.25, -0.2) is 0 Å². The number of carbonyl (C=O) groups excluding carboxylic acids is 1. The Balaban J connectivity index is 1.22. The lowest BCUT2D eigenvalue weighted by molar-refractivity contribution is -0.240. The summed E-state index contributed by atoms with van der Waals surface area (Å²) in [4.78, 5) is 14.4. The number of aliphatic hydroxyl groups excluding tert-OH is 1. The van der Waals surface area contributed by atoms with E-state index in [-0.39, 0.29) is 34.9 Å². The average Bonchev–Trinajstić information content (AvgIpc) is 3.35. The van der Waals surface area contributed by atoms with Gasteiger partial charge in [0.05, 0.1) is 18.8 Å². The molecule has 12 atom stereocenters. The van der Waals surface area contributed by atoms with Crippen LogP contribution in [0.1, 0.15) is 84.6 Å². The van der Waals surface area contributed by atoms with Gasteiger partial charge >= 0.3 is 0 Å². The second-order valence-electron chi connectivity index (χ2n) is 14.6. The summed E-state index contributed by atoms with van der Waals surface area (Å²) in [5.74, 6) is 2.58. The number of Topliss-reactive ketones (excluding diaryl/α,β-unsaturated/α-hetero) is 1. The summed E-state index contributed by atoms with van der Waals surface area (Å²) in [7, 11) is 0. The fourth-order valence-corrected chi connectivity index (χ4v) is 10.9. The minimum absolute atomic E-state index is 0.0778. The predicted octanol–water partition coefficient (Wildman–Crippen LogP) is 6.67. The van der Waals surface area contributed by atoms with Crippen LogP contribution in [0.15, 0.2) is 35.9 Å². The molecule has 1 spiro atoms. The topological polar surface area (TPSA) is 55.8 Å². The molecule has 4 saturated carbocycles. The van der Waals surface area contributed by atoms with E-state index in [0.717, 1.165) is 32.1 Å². The van der Waals surface area contributed by atoms with Crippen LogP contribution in [0.25, 0.3) is 6.08 Å². The van der Waals surface area contributed by atoms with Gasteiger partial charge in [0.2, 0.25) is 0 Å². The lowest BCUT2D eigenvalue weighted by Gasteiger charge is -2.60. The van der Waals surface area contributed by atoms with Crippen LogP contribution >= 0.6 is 0 Å². The van der Waals surface area contributed by atoms with Crippen molar-refractivity contribution >= 4 is 11.9 Å². The van der Waals surface area contributed by atoms with Crippen LogP contribution in [0, 0.1) is 52.3 Å². The number of ketones is 1. The first kappa shape index (κ1) is 25.5. The van der Waals surface area contributed by atoms with E-state index in [1.807, 2.05) is 0 Å². The SMILES string of the molecule is CC1CO[C@@]2(O[C@H]3CC4C5CC[C@@H]6C[C@@H](O)CC[C@]6(C)C5CC(=O)[C@]4(C)[C@H]3[C@@H]2C)/C(=C/c2ccccc2)C1. The maximum atomic E-state index is 14.4. The quantitative estimate of drug-likeness (QED) is 0.451. The maximum Gasteiger partial charge on any atom is 0.194 e. The molecule has 0 amide bonds. The maximum absolute atomic E-state index is 14.4. The van der Waals surface area contributed by atoms with Gasteiger partial charge in [0.15, 0.2) is 5.79 Å². The summed E-state index contributed by atoms with van der Waals surface area (Å²) in [5.41, 5.74) is 2.30. The number of carbonyl (C=O) groups is 1. The predicted molar refractivity (Wildman–Crippen MR) is 148 cm³/mol. The van der Waals surface area contributed by atoms with Crippen molar-refractivity contribution in [2.24, 2.45) is 52.3 Å². The summed E-state index contributed by atoms with van der Waals surface area (Å²) in [5, 5.41) is 10.4. The van der Waals surface area contributed by atoms with Crippen molar-refractivity contribution in [3.05, 3.63) is 41.5 Å². The molecular formula is C34H46O4. The zero-order valence-corrected chi connectivity index (χ0v) is 23.7. The van der Waals surface area contributed by atoms with E-state index in [9.17, 15) is 9.90 Å². The molecule has 4 nitrogen and oxygen atoms in total. The third-order valence-electron chi connectivity index (χ3n) is 12.8. The molecule has 2 aliphatic heterocycles. The Hall–Kier alpha value is -1.49. The molecule has 7 rings (SSSR count). The highest BCUT2D eigenvalue weighted by Gasteiger charge is 2.72. The molecule has 38 heavy (non-hydrogen) atoms. The molecule has 0 bridgehead atoms. The normalized spacial score (nSPS) is 52.9. The number of benzene rings is 1. The van der Waals surface area contributed by atoms with Crippen molar-refractivity contribution < 1.29 is 19.4 Å². The molecule has 1 aromatic rings. The molecule has 4 unspecified atom stereocenters. The largest absolute Gasteiger partial charge is 0.393 e. The molecule has 4 heteroatoms. The molecule has 206 valence electrons. The minimum Gasteiger partial charge on any atom is -0.393 e. The Bertz CT molecular complexity index is 1130. The zero-order valence-electron chi connectivity index (χ0n) is 23.7. The van der Waals surface area contributed by atoms with Gasteiger partial charge in [-0.1, -0.05) is 64.1 Å².